The number of carbonyl (C=O) groups excluding carboxylic acids is 2. The van der Waals surface area contributed by atoms with Crippen molar-refractivity contribution in [3.05, 3.63) is 0 Å². The Hall–Kier alpha value is -1.10. The molecular formula is C12H20N2O3. The van der Waals surface area contributed by atoms with Crippen LogP contribution in [0.1, 0.15) is 32.1 Å². The molecule has 2 amide bonds. The zero-order valence-electron chi connectivity index (χ0n) is 10.2. The molecule has 1 saturated carbocycles. The molecule has 0 aromatic heterocycles. The van der Waals surface area contributed by atoms with Crippen molar-refractivity contribution in [3.8, 4) is 0 Å². The highest BCUT2D eigenvalue weighted by Crippen LogP contribution is 2.22. The molecule has 1 saturated heterocycles. The van der Waals surface area contributed by atoms with E-state index in [1.807, 2.05) is 0 Å². The summed E-state index contributed by atoms with van der Waals surface area (Å²) < 4.78 is 5.34. The van der Waals surface area contributed by atoms with E-state index in [-0.39, 0.29) is 29.9 Å². The topological polar surface area (TPSA) is 67.4 Å². The molecule has 1 aliphatic heterocycles. The Balaban J connectivity index is 1.82. The second kappa shape index (κ2) is 5.49. The summed E-state index contributed by atoms with van der Waals surface area (Å²) in [6.45, 7) is 0.467. The number of methoxy groups -OCH3 is 1. The van der Waals surface area contributed by atoms with Gasteiger partial charge in [0, 0.05) is 20.1 Å². The molecule has 0 radical (unpaired) electrons. The van der Waals surface area contributed by atoms with Crippen LogP contribution in [0, 0.1) is 5.92 Å². The molecule has 3 unspecified atom stereocenters. The summed E-state index contributed by atoms with van der Waals surface area (Å²) in [5.41, 5.74) is 0. The van der Waals surface area contributed by atoms with E-state index in [0.717, 1.165) is 19.3 Å². The average molecular weight is 240 g/mol. The molecule has 5 nitrogen and oxygen atoms in total. The highest BCUT2D eigenvalue weighted by Gasteiger charge is 2.31. The second-order valence-corrected chi connectivity index (χ2v) is 4.86. The van der Waals surface area contributed by atoms with E-state index >= 15 is 0 Å². The fraction of sp³-hybridized carbons (Fsp3) is 0.833. The quantitative estimate of drug-likeness (QED) is 0.740. The molecule has 2 aliphatic rings. The summed E-state index contributed by atoms with van der Waals surface area (Å²) in [4.78, 5) is 23.0. The van der Waals surface area contributed by atoms with Gasteiger partial charge in [-0.05, 0) is 25.7 Å². The van der Waals surface area contributed by atoms with Crippen LogP contribution in [-0.2, 0) is 14.3 Å². The number of hydrogen-bond donors (Lipinski definition) is 2. The first-order valence-electron chi connectivity index (χ1n) is 6.30. The number of carbonyl (C=O) groups is 2. The van der Waals surface area contributed by atoms with Gasteiger partial charge in [0.25, 0.3) is 0 Å². The van der Waals surface area contributed by atoms with Gasteiger partial charge in [0.05, 0.1) is 18.1 Å². The molecule has 96 valence electrons. The fourth-order valence-electron chi connectivity index (χ4n) is 2.63. The monoisotopic (exact) mass is 240 g/mol. The van der Waals surface area contributed by atoms with Crippen molar-refractivity contribution in [3.63, 3.8) is 0 Å². The van der Waals surface area contributed by atoms with E-state index in [0.29, 0.717) is 19.4 Å². The third-order valence-electron chi connectivity index (χ3n) is 3.72. The van der Waals surface area contributed by atoms with Crippen LogP contribution in [0.4, 0.5) is 0 Å². The minimum atomic E-state index is -0.0780. The van der Waals surface area contributed by atoms with Gasteiger partial charge in [-0.15, -0.1) is 0 Å². The highest BCUT2D eigenvalue weighted by molar-refractivity contribution is 5.83. The van der Waals surface area contributed by atoms with Gasteiger partial charge >= 0.3 is 0 Å². The SMILES string of the molecule is COC1CCCC1NC(=O)C1CCC(=O)NC1. The summed E-state index contributed by atoms with van der Waals surface area (Å²) in [7, 11) is 1.69. The van der Waals surface area contributed by atoms with Crippen LogP contribution < -0.4 is 10.6 Å². The largest absolute Gasteiger partial charge is 0.379 e. The molecule has 0 aromatic carbocycles. The lowest BCUT2D eigenvalue weighted by molar-refractivity contribution is -0.130. The van der Waals surface area contributed by atoms with Crippen LogP contribution in [-0.4, -0.2) is 37.6 Å². The van der Waals surface area contributed by atoms with Crippen molar-refractivity contribution >= 4 is 11.8 Å². The molecular weight excluding hydrogens is 220 g/mol. The maximum Gasteiger partial charge on any atom is 0.225 e. The van der Waals surface area contributed by atoms with Crippen LogP contribution in [0.5, 0.6) is 0 Å². The van der Waals surface area contributed by atoms with Gasteiger partial charge in [-0.25, -0.2) is 0 Å². The van der Waals surface area contributed by atoms with Gasteiger partial charge in [-0.1, -0.05) is 0 Å². The Labute approximate surface area is 101 Å². The Morgan fingerprint density at radius 3 is 2.88 bits per heavy atom. The third-order valence-corrected chi connectivity index (χ3v) is 3.72. The maximum absolute atomic E-state index is 12.0. The molecule has 1 heterocycles. The van der Waals surface area contributed by atoms with E-state index in [2.05, 4.69) is 10.6 Å². The van der Waals surface area contributed by atoms with Crippen molar-refractivity contribution in [1.82, 2.24) is 10.6 Å². The smallest absolute Gasteiger partial charge is 0.225 e. The summed E-state index contributed by atoms with van der Waals surface area (Å²) in [6, 6.07) is 0.144. The number of nitrogens with one attached hydrogen (secondary N) is 2. The van der Waals surface area contributed by atoms with E-state index in [4.69, 9.17) is 4.74 Å². The Kier molecular flexibility index (Phi) is 3.99. The Bertz CT molecular complexity index is 296. The van der Waals surface area contributed by atoms with E-state index in [1.54, 1.807) is 7.11 Å². The lowest BCUT2D eigenvalue weighted by Crippen LogP contribution is -2.48. The molecule has 0 aromatic rings. The van der Waals surface area contributed by atoms with Crippen molar-refractivity contribution in [2.24, 2.45) is 5.92 Å². The van der Waals surface area contributed by atoms with Gasteiger partial charge in [0.2, 0.25) is 11.8 Å². The Morgan fingerprint density at radius 2 is 2.24 bits per heavy atom. The number of piperidine rings is 1. The van der Waals surface area contributed by atoms with Gasteiger partial charge in [-0.3, -0.25) is 9.59 Å². The molecule has 0 spiro atoms. The van der Waals surface area contributed by atoms with E-state index in [1.165, 1.54) is 0 Å². The van der Waals surface area contributed by atoms with Gasteiger partial charge in [-0.2, -0.15) is 0 Å². The van der Waals surface area contributed by atoms with Crippen LogP contribution in [0.15, 0.2) is 0 Å². The molecule has 2 rings (SSSR count). The zero-order chi connectivity index (χ0) is 12.3. The van der Waals surface area contributed by atoms with Crippen LogP contribution >= 0.6 is 0 Å². The lowest BCUT2D eigenvalue weighted by atomic mass is 9.98. The minimum Gasteiger partial charge on any atom is -0.379 e. The predicted molar refractivity (Wildman–Crippen MR) is 62.3 cm³/mol. The van der Waals surface area contributed by atoms with Crippen molar-refractivity contribution in [2.75, 3.05) is 13.7 Å². The number of rotatable bonds is 3. The zero-order valence-corrected chi connectivity index (χ0v) is 10.2. The van der Waals surface area contributed by atoms with Crippen LogP contribution in [0.25, 0.3) is 0 Å². The Morgan fingerprint density at radius 1 is 1.41 bits per heavy atom. The number of hydrogen-bond acceptors (Lipinski definition) is 3. The van der Waals surface area contributed by atoms with E-state index < -0.39 is 0 Å². The van der Waals surface area contributed by atoms with Gasteiger partial charge in [0.1, 0.15) is 0 Å². The van der Waals surface area contributed by atoms with Crippen molar-refractivity contribution in [2.45, 2.75) is 44.2 Å². The minimum absolute atomic E-state index is 0.0460. The maximum atomic E-state index is 12.0. The van der Waals surface area contributed by atoms with Crippen molar-refractivity contribution < 1.29 is 14.3 Å². The van der Waals surface area contributed by atoms with Gasteiger partial charge < -0.3 is 15.4 Å². The second-order valence-electron chi connectivity index (χ2n) is 4.86. The first-order valence-corrected chi connectivity index (χ1v) is 6.30. The molecule has 2 N–H and O–H groups in total. The van der Waals surface area contributed by atoms with E-state index in [9.17, 15) is 9.59 Å². The molecule has 17 heavy (non-hydrogen) atoms. The standard InChI is InChI=1S/C12H20N2O3/c1-17-10-4-2-3-9(10)14-12(16)8-5-6-11(15)13-7-8/h8-10H,2-7H2,1H3,(H,13,15)(H,14,16). The van der Waals surface area contributed by atoms with Crippen molar-refractivity contribution in [1.29, 1.82) is 0 Å². The van der Waals surface area contributed by atoms with Crippen LogP contribution in [0.3, 0.4) is 0 Å². The number of amides is 2. The molecule has 2 fully saturated rings. The molecule has 3 atom stereocenters. The summed E-state index contributed by atoms with van der Waals surface area (Å²) in [5, 5.41) is 5.78. The summed E-state index contributed by atoms with van der Waals surface area (Å²) >= 11 is 0. The third kappa shape index (κ3) is 2.97. The molecule has 5 heteroatoms. The normalized spacial score (nSPS) is 33.2. The van der Waals surface area contributed by atoms with Crippen LogP contribution in [0.2, 0.25) is 0 Å². The summed E-state index contributed by atoms with van der Waals surface area (Å²) in [6.07, 6.45) is 4.37. The molecule has 1 aliphatic carbocycles. The molecule has 0 bridgehead atoms. The average Bonchev–Trinajstić information content (AvgIpc) is 2.77. The first kappa shape index (κ1) is 12.4. The van der Waals surface area contributed by atoms with Gasteiger partial charge in [0.15, 0.2) is 0 Å². The number of ether oxygens (including phenoxy) is 1. The highest BCUT2D eigenvalue weighted by atomic mass is 16.5. The summed E-state index contributed by atoms with van der Waals surface area (Å²) in [5.74, 6) is 0.0226. The fourth-order valence-corrected chi connectivity index (χ4v) is 2.63. The first-order chi connectivity index (χ1) is 8.20. The predicted octanol–water partition coefficient (Wildman–Crippen LogP) is 0.196. The lowest BCUT2D eigenvalue weighted by Gasteiger charge is -2.25.